The van der Waals surface area contributed by atoms with Crippen LogP contribution in [0.15, 0.2) is 36.4 Å². The SMILES string of the molecule is COC1CCc2cccc(NC(=O)Nc3ccc(F)c(C)c3)c2C1. The molecule has 2 amide bonds. The molecule has 1 aliphatic rings. The number of amides is 2. The minimum atomic E-state index is -0.339. The van der Waals surface area contributed by atoms with Crippen molar-refractivity contribution in [3.8, 4) is 0 Å². The first-order valence-electron chi connectivity index (χ1n) is 8.04. The second kappa shape index (κ2) is 7.01. The Morgan fingerprint density at radius 3 is 2.83 bits per heavy atom. The van der Waals surface area contributed by atoms with Gasteiger partial charge in [-0.1, -0.05) is 12.1 Å². The summed E-state index contributed by atoms with van der Waals surface area (Å²) in [5.41, 5.74) is 4.23. The van der Waals surface area contributed by atoms with Crippen molar-refractivity contribution in [1.29, 1.82) is 0 Å². The lowest BCUT2D eigenvalue weighted by Crippen LogP contribution is -2.25. The van der Waals surface area contributed by atoms with E-state index in [1.165, 1.54) is 11.6 Å². The molecule has 0 aromatic heterocycles. The number of rotatable bonds is 3. The van der Waals surface area contributed by atoms with Crippen molar-refractivity contribution in [2.24, 2.45) is 0 Å². The molecule has 126 valence electrons. The Kier molecular flexibility index (Phi) is 4.81. The average Bonchev–Trinajstić information content (AvgIpc) is 2.58. The second-order valence-electron chi connectivity index (χ2n) is 6.09. The van der Waals surface area contributed by atoms with Crippen molar-refractivity contribution in [3.63, 3.8) is 0 Å². The molecule has 0 heterocycles. The summed E-state index contributed by atoms with van der Waals surface area (Å²) in [6, 6.07) is 10.1. The number of benzene rings is 2. The first kappa shape index (κ1) is 16.5. The van der Waals surface area contributed by atoms with Gasteiger partial charge in [0.2, 0.25) is 0 Å². The number of anilines is 2. The van der Waals surface area contributed by atoms with Gasteiger partial charge in [-0.3, -0.25) is 0 Å². The number of fused-ring (bicyclic) bond motifs is 1. The van der Waals surface area contributed by atoms with Crippen LogP contribution in [0.1, 0.15) is 23.1 Å². The third kappa shape index (κ3) is 3.57. The number of ether oxygens (including phenoxy) is 1. The fourth-order valence-corrected chi connectivity index (χ4v) is 3.08. The van der Waals surface area contributed by atoms with Crippen LogP contribution in [-0.2, 0) is 17.6 Å². The van der Waals surface area contributed by atoms with Crippen LogP contribution in [-0.4, -0.2) is 19.2 Å². The maximum Gasteiger partial charge on any atom is 0.323 e. The van der Waals surface area contributed by atoms with Crippen molar-refractivity contribution in [2.45, 2.75) is 32.3 Å². The predicted octanol–water partition coefficient (Wildman–Crippen LogP) is 4.28. The Hall–Kier alpha value is -2.40. The van der Waals surface area contributed by atoms with Crippen LogP contribution >= 0.6 is 0 Å². The molecule has 5 heteroatoms. The average molecular weight is 328 g/mol. The Morgan fingerprint density at radius 2 is 2.08 bits per heavy atom. The Balaban J connectivity index is 1.74. The van der Waals surface area contributed by atoms with Crippen molar-refractivity contribution in [3.05, 3.63) is 58.9 Å². The fraction of sp³-hybridized carbons (Fsp3) is 0.316. The highest BCUT2D eigenvalue weighted by Crippen LogP contribution is 2.29. The van der Waals surface area contributed by atoms with Crippen molar-refractivity contribution < 1.29 is 13.9 Å². The molecule has 0 radical (unpaired) electrons. The van der Waals surface area contributed by atoms with E-state index in [1.807, 2.05) is 12.1 Å². The minimum absolute atomic E-state index is 0.184. The van der Waals surface area contributed by atoms with Crippen molar-refractivity contribution in [2.75, 3.05) is 17.7 Å². The largest absolute Gasteiger partial charge is 0.381 e. The number of carbonyl (C=O) groups excluding carboxylic acids is 1. The maximum absolute atomic E-state index is 13.3. The van der Waals surface area contributed by atoms with Crippen LogP contribution in [0.5, 0.6) is 0 Å². The number of nitrogens with one attached hydrogen (secondary N) is 2. The summed E-state index contributed by atoms with van der Waals surface area (Å²) < 4.78 is 18.8. The van der Waals surface area contributed by atoms with Crippen LogP contribution in [0.4, 0.5) is 20.6 Å². The second-order valence-corrected chi connectivity index (χ2v) is 6.09. The lowest BCUT2D eigenvalue weighted by molar-refractivity contribution is 0.0913. The van der Waals surface area contributed by atoms with E-state index in [-0.39, 0.29) is 18.0 Å². The van der Waals surface area contributed by atoms with Gasteiger partial charge >= 0.3 is 6.03 Å². The Labute approximate surface area is 141 Å². The standard InChI is InChI=1S/C19H21FN2O2/c1-12-10-14(7-9-17(12)20)21-19(23)22-18-5-3-4-13-6-8-15(24-2)11-16(13)18/h3-5,7,9-10,15H,6,8,11H2,1-2H3,(H2,21,22,23). The van der Waals surface area contributed by atoms with Gasteiger partial charge in [0, 0.05) is 24.9 Å². The predicted molar refractivity (Wildman–Crippen MR) is 93.0 cm³/mol. The van der Waals surface area contributed by atoms with Crippen LogP contribution in [0.3, 0.4) is 0 Å². The zero-order valence-corrected chi connectivity index (χ0v) is 13.9. The van der Waals surface area contributed by atoms with Gasteiger partial charge < -0.3 is 15.4 Å². The molecule has 0 spiro atoms. The summed E-state index contributed by atoms with van der Waals surface area (Å²) in [4.78, 5) is 12.3. The molecule has 2 aromatic rings. The molecule has 0 fully saturated rings. The monoisotopic (exact) mass is 328 g/mol. The molecule has 0 saturated carbocycles. The zero-order chi connectivity index (χ0) is 17.1. The number of hydrogen-bond acceptors (Lipinski definition) is 2. The van der Waals surface area contributed by atoms with Gasteiger partial charge in [-0.15, -0.1) is 0 Å². The number of carbonyl (C=O) groups is 1. The smallest absolute Gasteiger partial charge is 0.323 e. The summed E-state index contributed by atoms with van der Waals surface area (Å²) in [6.45, 7) is 1.66. The summed E-state index contributed by atoms with van der Waals surface area (Å²) in [5.74, 6) is -0.288. The van der Waals surface area contributed by atoms with Gasteiger partial charge in [0.1, 0.15) is 5.82 Å². The van der Waals surface area contributed by atoms with Gasteiger partial charge in [0.25, 0.3) is 0 Å². The van der Waals surface area contributed by atoms with E-state index in [2.05, 4.69) is 16.7 Å². The number of halogens is 1. The highest BCUT2D eigenvalue weighted by Gasteiger charge is 2.21. The first-order chi connectivity index (χ1) is 11.6. The van der Waals surface area contributed by atoms with Gasteiger partial charge in [0.05, 0.1) is 6.10 Å². The van der Waals surface area contributed by atoms with Gasteiger partial charge in [0.15, 0.2) is 0 Å². The maximum atomic E-state index is 13.3. The van der Waals surface area contributed by atoms with E-state index in [0.717, 1.165) is 30.5 Å². The summed E-state index contributed by atoms with van der Waals surface area (Å²) in [5, 5.41) is 5.64. The van der Waals surface area contributed by atoms with E-state index in [0.29, 0.717) is 11.3 Å². The Bertz CT molecular complexity index is 761. The van der Waals surface area contributed by atoms with Crippen LogP contribution in [0.25, 0.3) is 0 Å². The molecule has 2 N–H and O–H groups in total. The molecule has 4 nitrogen and oxygen atoms in total. The highest BCUT2D eigenvalue weighted by molar-refractivity contribution is 6.00. The van der Waals surface area contributed by atoms with Gasteiger partial charge in [-0.05, 0) is 60.7 Å². The third-order valence-electron chi connectivity index (χ3n) is 4.44. The molecule has 1 unspecified atom stereocenters. The van der Waals surface area contributed by atoms with Crippen LogP contribution in [0, 0.1) is 12.7 Å². The highest BCUT2D eigenvalue weighted by atomic mass is 19.1. The fourth-order valence-electron chi connectivity index (χ4n) is 3.08. The molecule has 0 saturated heterocycles. The first-order valence-corrected chi connectivity index (χ1v) is 8.04. The van der Waals surface area contributed by atoms with E-state index in [9.17, 15) is 9.18 Å². The van der Waals surface area contributed by atoms with E-state index in [4.69, 9.17) is 4.74 Å². The molecular formula is C19H21FN2O2. The summed E-state index contributed by atoms with van der Waals surface area (Å²) in [6.07, 6.45) is 2.91. The lowest BCUT2D eigenvalue weighted by Gasteiger charge is -2.25. The van der Waals surface area contributed by atoms with E-state index < -0.39 is 0 Å². The van der Waals surface area contributed by atoms with Crippen molar-refractivity contribution in [1.82, 2.24) is 0 Å². The molecule has 1 atom stereocenters. The summed E-state index contributed by atoms with van der Waals surface area (Å²) >= 11 is 0. The quantitative estimate of drug-likeness (QED) is 0.883. The molecule has 0 aliphatic heterocycles. The molecule has 0 bridgehead atoms. The lowest BCUT2D eigenvalue weighted by atomic mass is 9.88. The molecule has 3 rings (SSSR count). The normalized spacial score (nSPS) is 16.4. The molecule has 2 aromatic carbocycles. The number of urea groups is 1. The number of methoxy groups -OCH3 is 1. The topological polar surface area (TPSA) is 50.4 Å². The number of aryl methyl sites for hydroxylation is 2. The zero-order valence-electron chi connectivity index (χ0n) is 13.9. The summed E-state index contributed by atoms with van der Waals surface area (Å²) in [7, 11) is 1.72. The number of hydrogen-bond donors (Lipinski definition) is 2. The van der Waals surface area contributed by atoms with E-state index in [1.54, 1.807) is 26.2 Å². The van der Waals surface area contributed by atoms with Crippen molar-refractivity contribution >= 4 is 17.4 Å². The van der Waals surface area contributed by atoms with Gasteiger partial charge in [-0.2, -0.15) is 0 Å². The van der Waals surface area contributed by atoms with Crippen LogP contribution in [0.2, 0.25) is 0 Å². The van der Waals surface area contributed by atoms with Crippen LogP contribution < -0.4 is 10.6 Å². The molecule has 24 heavy (non-hydrogen) atoms. The van der Waals surface area contributed by atoms with Gasteiger partial charge in [-0.25, -0.2) is 9.18 Å². The molecular weight excluding hydrogens is 307 g/mol. The minimum Gasteiger partial charge on any atom is -0.381 e. The third-order valence-corrected chi connectivity index (χ3v) is 4.44. The van der Waals surface area contributed by atoms with E-state index >= 15 is 0 Å². The molecule has 1 aliphatic carbocycles. The Morgan fingerprint density at radius 1 is 1.25 bits per heavy atom.